The van der Waals surface area contributed by atoms with Gasteiger partial charge in [0.2, 0.25) is 5.91 Å². The van der Waals surface area contributed by atoms with E-state index >= 15 is 0 Å². The Morgan fingerprint density at radius 3 is 2.53 bits per heavy atom. The van der Waals surface area contributed by atoms with Crippen molar-refractivity contribution in [3.8, 4) is 22.6 Å². The summed E-state index contributed by atoms with van der Waals surface area (Å²) >= 11 is 1.62. The van der Waals surface area contributed by atoms with Crippen LogP contribution in [-0.4, -0.2) is 34.2 Å². The summed E-state index contributed by atoms with van der Waals surface area (Å²) in [4.78, 5) is 12.5. The number of benzene rings is 2. The third-order valence-corrected chi connectivity index (χ3v) is 5.18. The van der Waals surface area contributed by atoms with Gasteiger partial charge in [-0.05, 0) is 72.2 Å². The maximum absolute atomic E-state index is 12.5. The van der Waals surface area contributed by atoms with Crippen molar-refractivity contribution in [1.29, 1.82) is 0 Å². The molecular formula is C23H29ClN2O3S. The number of phenolic OH excluding ortho intramolecular Hbond substituents is 2. The molecule has 0 aliphatic rings. The average Bonchev–Trinajstić information content (AvgIpc) is 2.70. The number of allylic oxidation sites excluding steroid dienone is 2. The van der Waals surface area contributed by atoms with E-state index in [4.69, 9.17) is 5.73 Å². The van der Waals surface area contributed by atoms with Crippen molar-refractivity contribution in [2.75, 3.05) is 17.3 Å². The lowest BCUT2D eigenvalue weighted by Gasteiger charge is -2.17. The smallest absolute Gasteiger partial charge is 0.241 e. The van der Waals surface area contributed by atoms with E-state index in [0.29, 0.717) is 36.1 Å². The van der Waals surface area contributed by atoms with Crippen molar-refractivity contribution >= 4 is 35.8 Å². The molecule has 0 saturated heterocycles. The summed E-state index contributed by atoms with van der Waals surface area (Å²) in [7, 11) is 0. The van der Waals surface area contributed by atoms with Gasteiger partial charge in [0.25, 0.3) is 0 Å². The Balaban J connectivity index is 0.00000450. The fourth-order valence-corrected chi connectivity index (χ4v) is 3.46. The first-order chi connectivity index (χ1) is 13.9. The van der Waals surface area contributed by atoms with Gasteiger partial charge in [-0.1, -0.05) is 18.2 Å². The number of halogens is 1. The number of nitrogens with two attached hydrogens (primary N) is 1. The summed E-state index contributed by atoms with van der Waals surface area (Å²) in [5.41, 5.74) is 9.14. The van der Waals surface area contributed by atoms with Crippen LogP contribution in [0.3, 0.4) is 0 Å². The quantitative estimate of drug-likeness (QED) is 0.313. The molecule has 0 bridgehead atoms. The highest BCUT2D eigenvalue weighted by Crippen LogP contribution is 2.38. The van der Waals surface area contributed by atoms with Gasteiger partial charge in [-0.25, -0.2) is 0 Å². The van der Waals surface area contributed by atoms with E-state index in [2.05, 4.69) is 18.5 Å². The Morgan fingerprint density at radius 2 is 1.90 bits per heavy atom. The summed E-state index contributed by atoms with van der Waals surface area (Å²) in [5.74, 6) is 0.568. The van der Waals surface area contributed by atoms with Crippen LogP contribution < -0.4 is 11.1 Å². The van der Waals surface area contributed by atoms with Crippen molar-refractivity contribution in [1.82, 2.24) is 0 Å². The molecule has 162 valence electrons. The highest BCUT2D eigenvalue weighted by atomic mass is 35.5. The standard InChI is InChI=1S/C23H28N2O3S.ClH/c1-4-6-15-12-18(16-8-9-21(26)17(14-16)7-5-2)22(27)20(13-15)25-23(28)19(24)10-11-29-3;/h4-5,8-9,12-14,19,26-27H,1-2,6-7,10-11,24H2,3H3,(H,25,28);1H. The molecule has 0 spiro atoms. The van der Waals surface area contributed by atoms with Crippen LogP contribution in [0.4, 0.5) is 5.69 Å². The second-order valence-electron chi connectivity index (χ2n) is 6.75. The molecule has 1 unspecified atom stereocenters. The maximum Gasteiger partial charge on any atom is 0.241 e. The lowest BCUT2D eigenvalue weighted by atomic mass is 9.96. The Morgan fingerprint density at radius 1 is 1.20 bits per heavy atom. The van der Waals surface area contributed by atoms with Crippen molar-refractivity contribution in [3.05, 3.63) is 66.8 Å². The van der Waals surface area contributed by atoms with Crippen LogP contribution in [-0.2, 0) is 17.6 Å². The second-order valence-corrected chi connectivity index (χ2v) is 7.73. The lowest BCUT2D eigenvalue weighted by molar-refractivity contribution is -0.117. The predicted octanol–water partition coefficient (Wildman–Crippen LogP) is 4.66. The SMILES string of the molecule is C=CCc1cc(NC(=O)C(N)CCSC)c(O)c(-c2ccc(O)c(CC=C)c2)c1.Cl. The number of phenols is 2. The van der Waals surface area contributed by atoms with Gasteiger partial charge in [-0.2, -0.15) is 11.8 Å². The number of carbonyl (C=O) groups excluding carboxylic acids is 1. The lowest BCUT2D eigenvalue weighted by Crippen LogP contribution is -2.36. The number of thioether (sulfide) groups is 1. The second kappa shape index (κ2) is 12.3. The summed E-state index contributed by atoms with van der Waals surface area (Å²) in [6, 6.07) is 8.05. The van der Waals surface area contributed by atoms with E-state index in [0.717, 1.165) is 16.9 Å². The van der Waals surface area contributed by atoms with Gasteiger partial charge in [0.1, 0.15) is 11.5 Å². The fraction of sp³-hybridized carbons (Fsp3) is 0.261. The number of anilines is 1. The molecule has 1 amide bonds. The van der Waals surface area contributed by atoms with Gasteiger partial charge in [-0.3, -0.25) is 4.79 Å². The molecule has 0 aliphatic heterocycles. The summed E-state index contributed by atoms with van der Waals surface area (Å²) in [6.07, 6.45) is 7.04. The normalized spacial score (nSPS) is 11.3. The molecule has 5 nitrogen and oxygen atoms in total. The first kappa shape index (κ1) is 25.6. The van der Waals surface area contributed by atoms with Crippen LogP contribution in [0.15, 0.2) is 55.6 Å². The molecule has 5 N–H and O–H groups in total. The monoisotopic (exact) mass is 448 g/mol. The van der Waals surface area contributed by atoms with E-state index in [9.17, 15) is 15.0 Å². The Hall–Kier alpha value is -2.41. The minimum Gasteiger partial charge on any atom is -0.508 e. The third kappa shape index (κ3) is 6.55. The molecule has 2 aromatic rings. The molecule has 0 radical (unpaired) electrons. The minimum atomic E-state index is -0.652. The van der Waals surface area contributed by atoms with Gasteiger partial charge in [0.15, 0.2) is 0 Å². The summed E-state index contributed by atoms with van der Waals surface area (Å²) in [5, 5.41) is 23.6. The van der Waals surface area contributed by atoms with Gasteiger partial charge in [0, 0.05) is 5.56 Å². The van der Waals surface area contributed by atoms with Gasteiger partial charge in [0.05, 0.1) is 11.7 Å². The number of rotatable bonds is 10. The highest BCUT2D eigenvalue weighted by Gasteiger charge is 2.18. The predicted molar refractivity (Wildman–Crippen MR) is 130 cm³/mol. The van der Waals surface area contributed by atoms with Gasteiger partial charge >= 0.3 is 0 Å². The molecule has 0 heterocycles. The van der Waals surface area contributed by atoms with Crippen molar-refractivity contribution in [2.45, 2.75) is 25.3 Å². The summed E-state index contributed by atoms with van der Waals surface area (Å²) < 4.78 is 0. The van der Waals surface area contributed by atoms with E-state index < -0.39 is 6.04 Å². The first-order valence-electron chi connectivity index (χ1n) is 9.36. The van der Waals surface area contributed by atoms with Crippen molar-refractivity contribution < 1.29 is 15.0 Å². The molecule has 7 heteroatoms. The van der Waals surface area contributed by atoms with Gasteiger partial charge in [-0.15, -0.1) is 25.6 Å². The zero-order valence-electron chi connectivity index (χ0n) is 17.1. The van der Waals surface area contributed by atoms with Crippen LogP contribution >= 0.6 is 24.2 Å². The zero-order chi connectivity index (χ0) is 21.4. The Labute approximate surface area is 188 Å². The van der Waals surface area contributed by atoms with Crippen LogP contribution in [0, 0.1) is 0 Å². The maximum atomic E-state index is 12.5. The number of amides is 1. The number of nitrogens with one attached hydrogen (secondary N) is 1. The number of hydrogen-bond donors (Lipinski definition) is 4. The van der Waals surface area contributed by atoms with Crippen LogP contribution in [0.25, 0.3) is 11.1 Å². The molecular weight excluding hydrogens is 420 g/mol. The Kier molecular flexibility index (Phi) is 10.5. The third-order valence-electron chi connectivity index (χ3n) is 4.53. The largest absolute Gasteiger partial charge is 0.508 e. The number of carbonyl (C=O) groups is 1. The van der Waals surface area contributed by atoms with Crippen LogP contribution in [0.2, 0.25) is 0 Å². The molecule has 0 fully saturated rings. The molecule has 0 aliphatic carbocycles. The van der Waals surface area contributed by atoms with Crippen LogP contribution in [0.1, 0.15) is 17.5 Å². The van der Waals surface area contributed by atoms with Gasteiger partial charge < -0.3 is 21.3 Å². The van der Waals surface area contributed by atoms with Crippen LogP contribution in [0.5, 0.6) is 11.5 Å². The molecule has 30 heavy (non-hydrogen) atoms. The molecule has 2 rings (SSSR count). The summed E-state index contributed by atoms with van der Waals surface area (Å²) in [6.45, 7) is 7.47. The van der Waals surface area contributed by atoms with E-state index in [1.165, 1.54) is 0 Å². The zero-order valence-corrected chi connectivity index (χ0v) is 18.7. The average molecular weight is 449 g/mol. The number of aromatic hydroxyl groups is 2. The van der Waals surface area contributed by atoms with Crippen molar-refractivity contribution in [2.24, 2.45) is 5.73 Å². The molecule has 0 saturated carbocycles. The fourth-order valence-electron chi connectivity index (χ4n) is 2.97. The van der Waals surface area contributed by atoms with Crippen molar-refractivity contribution in [3.63, 3.8) is 0 Å². The highest BCUT2D eigenvalue weighted by molar-refractivity contribution is 7.98. The Bertz CT molecular complexity index is 902. The first-order valence-corrected chi connectivity index (χ1v) is 10.8. The van der Waals surface area contributed by atoms with E-state index in [-0.39, 0.29) is 29.8 Å². The molecule has 0 aromatic heterocycles. The topological polar surface area (TPSA) is 95.6 Å². The van der Waals surface area contributed by atoms with E-state index in [1.54, 1.807) is 48.2 Å². The molecule has 1 atom stereocenters. The molecule has 2 aromatic carbocycles. The minimum absolute atomic E-state index is 0. The van der Waals surface area contributed by atoms with E-state index in [1.807, 2.05) is 12.3 Å². The number of hydrogen-bond acceptors (Lipinski definition) is 5.